The van der Waals surface area contributed by atoms with Crippen LogP contribution in [0.4, 0.5) is 26.3 Å². The Labute approximate surface area is 394 Å². The van der Waals surface area contributed by atoms with Crippen LogP contribution in [0.15, 0.2) is 46.2 Å². The first-order valence-electron chi connectivity index (χ1n) is 22.0. The van der Waals surface area contributed by atoms with Crippen molar-refractivity contribution in [3.8, 4) is 11.5 Å². The SMILES string of the molecule is C.CCN1C(=O)c2c(O)c(=O)c(C(=O)NCc3c(F)cc(F)cc3F)cn2[C@H]2CCC(=O)C[C@H]21.CCN1C(=O)c2c(O)c(=O)c(C(=O)NCc3c(F)cc(F)cc3F)cn2[C@H]2CCC3(C[C@H]21)OCCO3. The van der Waals surface area contributed by atoms with E-state index in [0.29, 0.717) is 69.7 Å². The van der Waals surface area contributed by atoms with Gasteiger partial charge in [0, 0.05) is 99.6 Å². The first kappa shape index (κ1) is 50.9. The minimum Gasteiger partial charge on any atom is -0.503 e. The maximum absolute atomic E-state index is 14.0. The molecule has 5 aliphatic rings. The third-order valence-electron chi connectivity index (χ3n) is 13.3. The molecule has 2 aromatic heterocycles. The van der Waals surface area contributed by atoms with E-state index in [9.17, 15) is 70.1 Å². The van der Waals surface area contributed by atoms with E-state index in [1.165, 1.54) is 20.2 Å². The topological polar surface area (TPSA) is 219 Å². The third kappa shape index (κ3) is 9.02. The molecule has 374 valence electrons. The molecule has 4 aromatic rings. The van der Waals surface area contributed by atoms with E-state index < -0.39 is 134 Å². The number of ketones is 1. The van der Waals surface area contributed by atoms with Gasteiger partial charge in [-0.3, -0.25) is 33.6 Å². The van der Waals surface area contributed by atoms with E-state index in [1.807, 2.05) is 0 Å². The summed E-state index contributed by atoms with van der Waals surface area (Å²) in [4.78, 5) is 92.3. The van der Waals surface area contributed by atoms with Gasteiger partial charge in [0.15, 0.2) is 28.7 Å². The summed E-state index contributed by atoms with van der Waals surface area (Å²) in [5.74, 6) is -12.9. The van der Waals surface area contributed by atoms with Crippen LogP contribution < -0.4 is 21.5 Å². The predicted molar refractivity (Wildman–Crippen MR) is 233 cm³/mol. The average Bonchev–Trinajstić information content (AvgIpc) is 3.74. The molecule has 1 saturated heterocycles. The number of aromatic nitrogens is 2. The molecular weight excluding hydrogens is 939 g/mol. The maximum Gasteiger partial charge on any atom is 0.274 e. The van der Waals surface area contributed by atoms with E-state index >= 15 is 0 Å². The zero-order valence-corrected chi connectivity index (χ0v) is 36.9. The van der Waals surface area contributed by atoms with Gasteiger partial charge in [0.05, 0.1) is 37.4 Å². The molecule has 2 aliphatic carbocycles. The van der Waals surface area contributed by atoms with Crippen LogP contribution >= 0.6 is 0 Å². The van der Waals surface area contributed by atoms with Crippen LogP contribution in [0.1, 0.15) is 125 Å². The van der Waals surface area contributed by atoms with Gasteiger partial charge in [-0.15, -0.1) is 0 Å². The van der Waals surface area contributed by atoms with E-state index in [1.54, 1.807) is 18.7 Å². The number of hydrogen-bond acceptors (Lipinski definition) is 11. The van der Waals surface area contributed by atoms with Crippen molar-refractivity contribution in [1.82, 2.24) is 29.6 Å². The molecule has 2 saturated carbocycles. The van der Waals surface area contributed by atoms with Gasteiger partial charge >= 0.3 is 0 Å². The second-order valence-electron chi connectivity index (χ2n) is 17.1. The molecule has 5 heterocycles. The van der Waals surface area contributed by atoms with Gasteiger partial charge in [0.25, 0.3) is 23.6 Å². The zero-order valence-electron chi connectivity index (χ0n) is 36.9. The molecule has 3 fully saturated rings. The number of halogens is 6. The van der Waals surface area contributed by atoms with Gasteiger partial charge in [0.1, 0.15) is 51.8 Å². The highest BCUT2D eigenvalue weighted by molar-refractivity contribution is 6.00. The van der Waals surface area contributed by atoms with Crippen LogP contribution in [0.25, 0.3) is 0 Å². The number of benzene rings is 2. The average molecular weight is 987 g/mol. The minimum atomic E-state index is -1.21. The second-order valence-corrected chi connectivity index (χ2v) is 17.1. The van der Waals surface area contributed by atoms with Crippen molar-refractivity contribution in [2.45, 2.75) is 103 Å². The lowest BCUT2D eigenvalue weighted by atomic mass is 9.82. The van der Waals surface area contributed by atoms with Crippen molar-refractivity contribution in [2.24, 2.45) is 0 Å². The third-order valence-corrected chi connectivity index (χ3v) is 13.3. The molecular formula is C47H48F6N6O11. The largest absolute Gasteiger partial charge is 0.503 e. The van der Waals surface area contributed by atoms with Crippen LogP contribution in [0.3, 0.4) is 0 Å². The monoisotopic (exact) mass is 986 g/mol. The number of amides is 4. The van der Waals surface area contributed by atoms with Crippen LogP contribution in [0, 0.1) is 34.9 Å². The molecule has 0 unspecified atom stereocenters. The lowest BCUT2D eigenvalue weighted by Crippen LogP contribution is -2.57. The maximum atomic E-state index is 14.0. The van der Waals surface area contributed by atoms with Gasteiger partial charge in [0.2, 0.25) is 10.9 Å². The van der Waals surface area contributed by atoms with Gasteiger partial charge < -0.3 is 49.3 Å². The number of aromatic hydroxyl groups is 2. The molecule has 0 radical (unpaired) electrons. The Morgan fingerprint density at radius 1 is 0.657 bits per heavy atom. The van der Waals surface area contributed by atoms with Crippen LogP contribution in [0.5, 0.6) is 11.5 Å². The summed E-state index contributed by atoms with van der Waals surface area (Å²) in [6.07, 6.45) is 4.40. The van der Waals surface area contributed by atoms with Crippen molar-refractivity contribution < 1.29 is 70.0 Å². The van der Waals surface area contributed by atoms with Crippen molar-refractivity contribution in [2.75, 3.05) is 26.3 Å². The smallest absolute Gasteiger partial charge is 0.274 e. The molecule has 23 heteroatoms. The van der Waals surface area contributed by atoms with E-state index in [-0.39, 0.29) is 56.1 Å². The summed E-state index contributed by atoms with van der Waals surface area (Å²) in [7, 11) is 0. The number of fused-ring (bicyclic) bond motifs is 6. The molecule has 0 bridgehead atoms. The Hall–Kier alpha value is -7.01. The van der Waals surface area contributed by atoms with E-state index in [2.05, 4.69) is 10.6 Å². The van der Waals surface area contributed by atoms with E-state index in [0.717, 1.165) is 6.20 Å². The summed E-state index contributed by atoms with van der Waals surface area (Å²) >= 11 is 0. The number of carbonyl (C=O) groups is 5. The lowest BCUT2D eigenvalue weighted by Gasteiger charge is -2.49. The minimum absolute atomic E-state index is 0. The molecule has 70 heavy (non-hydrogen) atoms. The number of rotatable bonds is 8. The normalized spacial score (nSPS) is 20.9. The van der Waals surface area contributed by atoms with Crippen molar-refractivity contribution in [1.29, 1.82) is 0 Å². The molecule has 2 aromatic carbocycles. The van der Waals surface area contributed by atoms with Crippen molar-refractivity contribution in [3.63, 3.8) is 0 Å². The number of ether oxygens (including phenoxy) is 2. The van der Waals surface area contributed by atoms with Crippen LogP contribution in [-0.2, 0) is 27.4 Å². The highest BCUT2D eigenvalue weighted by Gasteiger charge is 2.52. The number of nitrogens with zero attached hydrogens (tertiary/aromatic N) is 4. The van der Waals surface area contributed by atoms with Crippen molar-refractivity contribution in [3.05, 3.63) is 126 Å². The quantitative estimate of drug-likeness (QED) is 0.174. The summed E-state index contributed by atoms with van der Waals surface area (Å²) in [5, 5.41) is 25.6. The molecule has 17 nitrogen and oxygen atoms in total. The second kappa shape index (κ2) is 19.8. The Morgan fingerprint density at radius 3 is 1.50 bits per heavy atom. The molecule has 3 aliphatic heterocycles. The fourth-order valence-electron chi connectivity index (χ4n) is 9.98. The van der Waals surface area contributed by atoms with Crippen molar-refractivity contribution >= 4 is 29.4 Å². The van der Waals surface area contributed by atoms with Gasteiger partial charge in [-0.25, -0.2) is 26.3 Å². The Bertz CT molecular complexity index is 2890. The van der Waals surface area contributed by atoms with Gasteiger partial charge in [-0.1, -0.05) is 7.43 Å². The predicted octanol–water partition coefficient (Wildman–Crippen LogP) is 4.89. The first-order chi connectivity index (χ1) is 32.8. The number of carbonyl (C=O) groups excluding carboxylic acids is 5. The number of likely N-dealkylation sites (N-methyl/N-ethyl adjacent to an activating group) is 2. The van der Waals surface area contributed by atoms with Gasteiger partial charge in [-0.05, 0) is 26.7 Å². The molecule has 9 rings (SSSR count). The number of nitrogens with one attached hydrogen (secondary N) is 2. The summed E-state index contributed by atoms with van der Waals surface area (Å²) in [6.45, 7) is 3.63. The zero-order chi connectivity index (χ0) is 49.8. The Kier molecular flexibility index (Phi) is 14.4. The summed E-state index contributed by atoms with van der Waals surface area (Å²) in [6, 6.07) is 0.186. The van der Waals surface area contributed by atoms with Crippen LogP contribution in [-0.4, -0.2) is 103 Å². The highest BCUT2D eigenvalue weighted by atomic mass is 19.2. The molecule has 4 N–H and O–H groups in total. The van der Waals surface area contributed by atoms with Gasteiger partial charge in [-0.2, -0.15) is 0 Å². The number of pyridine rings is 2. The Balaban J connectivity index is 0.000000204. The fraction of sp³-hybridized carbons (Fsp3) is 0.426. The molecule has 4 amide bonds. The van der Waals surface area contributed by atoms with Crippen LogP contribution in [0.2, 0.25) is 0 Å². The first-order valence-corrected chi connectivity index (χ1v) is 22.0. The summed E-state index contributed by atoms with van der Waals surface area (Å²) in [5.41, 5.74) is -4.92. The highest BCUT2D eigenvalue weighted by Crippen LogP contribution is 2.46. The standard InChI is InChI=1S/C24H24F3N3O6.C22H20F3N3O5.CH4/c1-2-29-18-9-24(35-5-6-36-24)4-3-17(18)30-11-14(20(31)21(32)19(30)23(29)34)22(33)28-10-13-15(26)7-12(25)8-16(13)27;1-2-27-17-7-11(29)3-4-16(17)28-9-13(19(30)20(31)18(28)22(27)33)21(32)26-8-12-14(24)5-10(23)6-15(12)25;/h7-8,11,17-18,32H,2-6,9-10H2,1H3,(H,28,33);5-6,9,16-17,31H,2-4,7-8H2,1H3,(H,26,32);1H4/t17-,18+;16-,17+;/m00./s1. The number of hydrogen-bond donors (Lipinski definition) is 4. The Morgan fingerprint density at radius 2 is 1.07 bits per heavy atom. The number of Topliss-reactive ketones (excluding diaryl/α,β-unsaturated/α-hetero) is 1. The fourth-order valence-corrected chi connectivity index (χ4v) is 9.98. The molecule has 1 spiro atoms. The lowest BCUT2D eigenvalue weighted by molar-refractivity contribution is -0.194. The summed E-state index contributed by atoms with van der Waals surface area (Å²) < 4.78 is 96.3. The van der Waals surface area contributed by atoms with E-state index in [4.69, 9.17) is 9.47 Å². The molecule has 4 atom stereocenters.